The highest BCUT2D eigenvalue weighted by Gasteiger charge is 2.44. The number of rotatable bonds is 3. The summed E-state index contributed by atoms with van der Waals surface area (Å²) in [5, 5.41) is 3.59. The Labute approximate surface area is 150 Å². The largest absolute Gasteiger partial charge is 0.479 e. The molecule has 4 rings (SSSR count). The summed E-state index contributed by atoms with van der Waals surface area (Å²) in [6.45, 7) is 3.95. The summed E-state index contributed by atoms with van der Waals surface area (Å²) < 4.78 is 11.5. The number of nitrogens with one attached hydrogen (secondary N) is 1. The van der Waals surface area contributed by atoms with Crippen LogP contribution in [0.4, 0.5) is 5.69 Å². The van der Waals surface area contributed by atoms with Crippen LogP contribution in [0.25, 0.3) is 11.0 Å². The Bertz CT molecular complexity index is 1020. The van der Waals surface area contributed by atoms with Gasteiger partial charge in [0, 0.05) is 11.6 Å². The summed E-state index contributed by atoms with van der Waals surface area (Å²) in [7, 11) is 0. The Balaban J connectivity index is 1.77. The maximum Gasteiger partial charge on any atom is 0.343 e. The van der Waals surface area contributed by atoms with Crippen molar-refractivity contribution in [2.75, 3.05) is 5.32 Å². The van der Waals surface area contributed by atoms with Crippen LogP contribution in [-0.2, 0) is 4.79 Å². The van der Waals surface area contributed by atoms with E-state index in [-0.39, 0.29) is 17.7 Å². The fourth-order valence-electron chi connectivity index (χ4n) is 3.54. The summed E-state index contributed by atoms with van der Waals surface area (Å²) in [5.74, 6) is -0.139. The summed E-state index contributed by atoms with van der Waals surface area (Å²) in [6.07, 6.45) is -0.779. The predicted octanol–water partition coefficient (Wildman–Crippen LogP) is 3.93. The lowest BCUT2D eigenvalue weighted by atomic mass is 9.85. The Kier molecular flexibility index (Phi) is 3.99. The van der Waals surface area contributed by atoms with E-state index in [1.165, 1.54) is 0 Å². The molecule has 0 fully saturated rings. The summed E-state index contributed by atoms with van der Waals surface area (Å²) >= 11 is 0. The Morgan fingerprint density at radius 1 is 1.04 bits per heavy atom. The van der Waals surface area contributed by atoms with Gasteiger partial charge in [0.15, 0.2) is 6.10 Å². The topological polar surface area (TPSA) is 68.5 Å². The van der Waals surface area contributed by atoms with Crippen LogP contribution in [0.5, 0.6) is 5.75 Å². The molecule has 132 valence electrons. The van der Waals surface area contributed by atoms with Gasteiger partial charge in [-0.1, -0.05) is 44.2 Å². The average Bonchev–Trinajstić information content (AvgIpc) is 3.05. The molecule has 0 saturated heterocycles. The van der Waals surface area contributed by atoms with E-state index in [0.29, 0.717) is 28.0 Å². The zero-order valence-electron chi connectivity index (χ0n) is 14.6. The lowest BCUT2D eigenvalue weighted by Gasteiger charge is -2.21. The molecule has 1 amide bonds. The summed E-state index contributed by atoms with van der Waals surface area (Å²) in [6, 6.07) is 16.4. The maximum atomic E-state index is 12.9. The number of benzene rings is 2. The lowest BCUT2D eigenvalue weighted by Crippen LogP contribution is -2.37. The van der Waals surface area contributed by atoms with Crippen molar-refractivity contribution >= 4 is 22.6 Å². The van der Waals surface area contributed by atoms with Gasteiger partial charge in [-0.3, -0.25) is 4.79 Å². The monoisotopic (exact) mass is 349 g/mol. The van der Waals surface area contributed by atoms with Crippen LogP contribution in [0.3, 0.4) is 0 Å². The first-order chi connectivity index (χ1) is 12.6. The normalized spacial score (nSPS) is 18.6. The van der Waals surface area contributed by atoms with Crippen molar-refractivity contribution in [2.45, 2.75) is 25.9 Å². The first kappa shape index (κ1) is 16.4. The highest BCUT2D eigenvalue weighted by Crippen LogP contribution is 2.44. The molecular formula is C21H19NO4. The van der Waals surface area contributed by atoms with Crippen molar-refractivity contribution in [1.29, 1.82) is 0 Å². The quantitative estimate of drug-likeness (QED) is 0.728. The third-order valence-corrected chi connectivity index (χ3v) is 4.72. The maximum absolute atomic E-state index is 12.9. The fraction of sp³-hybridized carbons (Fsp3) is 0.238. The van der Waals surface area contributed by atoms with Crippen molar-refractivity contribution in [3.63, 3.8) is 0 Å². The first-order valence-corrected chi connectivity index (χ1v) is 8.64. The lowest BCUT2D eigenvalue weighted by molar-refractivity contribution is -0.123. The van der Waals surface area contributed by atoms with E-state index in [1.807, 2.05) is 56.3 Å². The van der Waals surface area contributed by atoms with E-state index in [1.54, 1.807) is 12.1 Å². The number of hydrogen-bond acceptors (Lipinski definition) is 4. The number of amides is 1. The summed E-state index contributed by atoms with van der Waals surface area (Å²) in [4.78, 5) is 25.5. The second-order valence-corrected chi connectivity index (χ2v) is 6.79. The van der Waals surface area contributed by atoms with Crippen LogP contribution >= 0.6 is 0 Å². The Morgan fingerprint density at radius 3 is 2.46 bits per heavy atom. The number of anilines is 1. The predicted molar refractivity (Wildman–Crippen MR) is 99.6 cm³/mol. The van der Waals surface area contributed by atoms with Crippen LogP contribution in [-0.4, -0.2) is 12.0 Å². The van der Waals surface area contributed by atoms with Gasteiger partial charge in [0.25, 0.3) is 5.91 Å². The molecule has 2 atom stereocenters. The minimum absolute atomic E-state index is 0.0341. The zero-order valence-corrected chi connectivity index (χ0v) is 14.6. The molecule has 26 heavy (non-hydrogen) atoms. The van der Waals surface area contributed by atoms with Gasteiger partial charge in [-0.25, -0.2) is 4.79 Å². The Hall–Kier alpha value is -3.08. The molecule has 1 aliphatic heterocycles. The van der Waals surface area contributed by atoms with Crippen LogP contribution < -0.4 is 15.7 Å². The molecule has 0 saturated carbocycles. The van der Waals surface area contributed by atoms with Gasteiger partial charge in [0.1, 0.15) is 11.3 Å². The van der Waals surface area contributed by atoms with Crippen LogP contribution in [0.15, 0.2) is 63.8 Å². The molecule has 2 aromatic carbocycles. The molecule has 0 unspecified atom stereocenters. The molecule has 1 N–H and O–H groups in total. The molecule has 1 aliphatic rings. The molecule has 5 nitrogen and oxygen atoms in total. The van der Waals surface area contributed by atoms with Gasteiger partial charge < -0.3 is 14.5 Å². The molecule has 5 heteroatoms. The Morgan fingerprint density at radius 2 is 1.73 bits per heavy atom. The number of fused-ring (bicyclic) bond motifs is 3. The zero-order chi connectivity index (χ0) is 18.3. The number of hydrogen-bond donors (Lipinski definition) is 1. The van der Waals surface area contributed by atoms with E-state index >= 15 is 0 Å². The summed E-state index contributed by atoms with van der Waals surface area (Å²) in [5.41, 5.74) is 1.17. The van der Waals surface area contributed by atoms with Crippen LogP contribution in [0.1, 0.15) is 25.3 Å². The number of ether oxygens (including phenoxy) is 1. The van der Waals surface area contributed by atoms with Gasteiger partial charge >= 0.3 is 5.63 Å². The van der Waals surface area contributed by atoms with Crippen molar-refractivity contribution in [1.82, 2.24) is 0 Å². The van der Waals surface area contributed by atoms with Crippen molar-refractivity contribution in [3.05, 3.63) is 70.6 Å². The smallest absolute Gasteiger partial charge is 0.343 e. The second-order valence-electron chi connectivity index (χ2n) is 6.79. The molecule has 0 bridgehead atoms. The van der Waals surface area contributed by atoms with E-state index in [0.717, 1.165) is 0 Å². The third-order valence-electron chi connectivity index (χ3n) is 4.72. The van der Waals surface area contributed by atoms with Crippen molar-refractivity contribution < 1.29 is 13.9 Å². The highest BCUT2D eigenvalue weighted by atomic mass is 16.5. The fourth-order valence-corrected chi connectivity index (χ4v) is 3.54. The van der Waals surface area contributed by atoms with Gasteiger partial charge in [0.05, 0.1) is 10.9 Å². The van der Waals surface area contributed by atoms with Crippen molar-refractivity contribution in [3.8, 4) is 5.75 Å². The van der Waals surface area contributed by atoms with E-state index < -0.39 is 11.7 Å². The molecule has 3 aromatic rings. The third kappa shape index (κ3) is 2.65. The number of carbonyl (C=O) groups excluding carboxylic acids is 1. The first-order valence-electron chi connectivity index (χ1n) is 8.64. The van der Waals surface area contributed by atoms with Gasteiger partial charge in [-0.15, -0.1) is 0 Å². The molecule has 0 radical (unpaired) electrons. The standard InChI is InChI=1S/C21H19NO4/c1-12(2)16-17-18(14-10-6-7-11-15(14)25-21(17)24)26-19(16)20(23)22-13-8-4-3-5-9-13/h3-12,16,19H,1-2H3,(H,22,23)/t16-,19+/m0/s1. The molecule has 1 aromatic heterocycles. The molecule has 0 aliphatic carbocycles. The van der Waals surface area contributed by atoms with Crippen LogP contribution in [0, 0.1) is 5.92 Å². The molecule has 2 heterocycles. The van der Waals surface area contributed by atoms with Gasteiger partial charge in [0.2, 0.25) is 0 Å². The van der Waals surface area contributed by atoms with Gasteiger partial charge in [-0.05, 0) is 30.2 Å². The van der Waals surface area contributed by atoms with Crippen molar-refractivity contribution in [2.24, 2.45) is 5.92 Å². The van der Waals surface area contributed by atoms with Gasteiger partial charge in [-0.2, -0.15) is 0 Å². The SMILES string of the molecule is CC(C)[C@H]1c2c(c3ccccc3oc2=O)O[C@H]1C(=O)Nc1ccccc1. The van der Waals surface area contributed by atoms with Crippen LogP contribution in [0.2, 0.25) is 0 Å². The van der Waals surface area contributed by atoms with E-state index in [2.05, 4.69) is 5.32 Å². The number of carbonyl (C=O) groups is 1. The van der Waals surface area contributed by atoms with E-state index in [9.17, 15) is 9.59 Å². The minimum Gasteiger partial charge on any atom is -0.479 e. The number of para-hydroxylation sites is 2. The highest BCUT2D eigenvalue weighted by molar-refractivity contribution is 5.97. The second kappa shape index (κ2) is 6.33. The average molecular weight is 349 g/mol. The minimum atomic E-state index is -0.779. The molecule has 0 spiro atoms. The van der Waals surface area contributed by atoms with E-state index in [4.69, 9.17) is 9.15 Å². The molecular weight excluding hydrogens is 330 g/mol.